The normalized spacial score (nSPS) is 12.4. The van der Waals surface area contributed by atoms with Crippen molar-refractivity contribution < 1.29 is 26.3 Å². The summed E-state index contributed by atoms with van der Waals surface area (Å²) in [5.74, 6) is 0.113. The maximum Gasteiger partial charge on any atom is 0.433 e. The lowest BCUT2D eigenvalue weighted by Crippen LogP contribution is -2.10. The van der Waals surface area contributed by atoms with Crippen molar-refractivity contribution in [1.29, 1.82) is 0 Å². The Morgan fingerprint density at radius 3 is 2.17 bits per heavy atom. The monoisotopic (exact) mass is 468 g/mol. The highest BCUT2D eigenvalue weighted by Crippen LogP contribution is 2.35. The molecule has 0 saturated heterocycles. The molecule has 154 valence electrons. The fourth-order valence-electron chi connectivity index (χ4n) is 2.01. The van der Waals surface area contributed by atoms with Gasteiger partial charge < -0.3 is 0 Å². The van der Waals surface area contributed by atoms with E-state index in [1.54, 1.807) is 6.92 Å². The average molecular weight is 468 g/mol. The van der Waals surface area contributed by atoms with Gasteiger partial charge in [-0.2, -0.15) is 26.3 Å². The summed E-state index contributed by atoms with van der Waals surface area (Å²) in [7, 11) is 0. The van der Waals surface area contributed by atoms with E-state index in [-0.39, 0.29) is 15.9 Å². The molecule has 1 aromatic carbocycles. The zero-order valence-corrected chi connectivity index (χ0v) is 16.8. The highest BCUT2D eigenvalue weighted by Gasteiger charge is 2.34. The second kappa shape index (κ2) is 8.48. The number of hydrogen-bond acceptors (Lipinski definition) is 7. The highest BCUT2D eigenvalue weighted by atomic mass is 32.2. The molecular formula is C16H10F6N4S3. The van der Waals surface area contributed by atoms with Crippen LogP contribution in [0, 0.1) is 6.92 Å². The van der Waals surface area contributed by atoms with Gasteiger partial charge in [-0.25, -0.2) is 9.97 Å². The molecule has 29 heavy (non-hydrogen) atoms. The molecule has 0 fully saturated rings. The van der Waals surface area contributed by atoms with Crippen LogP contribution >= 0.6 is 34.9 Å². The van der Waals surface area contributed by atoms with E-state index in [0.717, 1.165) is 41.7 Å². The van der Waals surface area contributed by atoms with Gasteiger partial charge in [0.2, 0.25) is 0 Å². The Morgan fingerprint density at radius 2 is 1.62 bits per heavy atom. The van der Waals surface area contributed by atoms with Crippen LogP contribution in [0.15, 0.2) is 44.9 Å². The standard InChI is InChI=1S/C16H10F6N4S3/c1-8-25-26-14(28-8)29-12-6-11(16(20,21)22)23-13(24-12)27-7-9-2-4-10(5-3-9)15(17,18)19/h2-6H,7H2,1H3. The van der Waals surface area contributed by atoms with Gasteiger partial charge >= 0.3 is 12.4 Å². The second-order valence-electron chi connectivity index (χ2n) is 5.54. The molecule has 0 bridgehead atoms. The van der Waals surface area contributed by atoms with E-state index in [4.69, 9.17) is 0 Å². The van der Waals surface area contributed by atoms with Crippen LogP contribution in [0.4, 0.5) is 26.3 Å². The quantitative estimate of drug-likeness (QED) is 0.195. The van der Waals surface area contributed by atoms with Gasteiger partial charge in [-0.3, -0.25) is 0 Å². The first-order valence-electron chi connectivity index (χ1n) is 7.74. The third-order valence-corrected chi connectivity index (χ3v) is 6.05. The summed E-state index contributed by atoms with van der Waals surface area (Å²) in [6.07, 6.45) is -9.12. The van der Waals surface area contributed by atoms with E-state index in [1.165, 1.54) is 23.5 Å². The summed E-state index contributed by atoms with van der Waals surface area (Å²) in [6, 6.07) is 5.19. The Bertz CT molecular complexity index is 986. The molecule has 3 rings (SSSR count). The first-order chi connectivity index (χ1) is 13.5. The summed E-state index contributed by atoms with van der Waals surface area (Å²) in [5.41, 5.74) is -1.41. The fourth-order valence-corrected chi connectivity index (χ4v) is 4.65. The van der Waals surface area contributed by atoms with Crippen molar-refractivity contribution in [3.05, 3.63) is 52.2 Å². The van der Waals surface area contributed by atoms with Gasteiger partial charge in [-0.05, 0) is 36.4 Å². The molecule has 0 unspecified atom stereocenters. The molecule has 0 amide bonds. The van der Waals surface area contributed by atoms with Crippen LogP contribution in [0.1, 0.15) is 21.8 Å². The minimum atomic E-state index is -4.67. The minimum absolute atomic E-state index is 0.0541. The highest BCUT2D eigenvalue weighted by molar-refractivity contribution is 8.01. The topological polar surface area (TPSA) is 51.6 Å². The van der Waals surface area contributed by atoms with E-state index in [0.29, 0.717) is 14.9 Å². The summed E-state index contributed by atoms with van der Waals surface area (Å²) in [4.78, 5) is 7.62. The molecule has 2 heterocycles. The summed E-state index contributed by atoms with van der Waals surface area (Å²) >= 11 is 3.05. The molecule has 0 aliphatic rings. The minimum Gasteiger partial charge on any atom is -0.218 e. The predicted octanol–water partition coefficient (Wildman–Crippen LogP) is 6.12. The number of aryl methyl sites for hydroxylation is 1. The van der Waals surface area contributed by atoms with Gasteiger partial charge in [0, 0.05) is 11.8 Å². The molecular weight excluding hydrogens is 458 g/mol. The van der Waals surface area contributed by atoms with Gasteiger partial charge in [0.05, 0.1) is 5.56 Å². The number of nitrogens with zero attached hydrogens (tertiary/aromatic N) is 4. The summed E-state index contributed by atoms with van der Waals surface area (Å²) in [5, 5.41) is 8.23. The number of benzene rings is 1. The zero-order chi connectivity index (χ0) is 21.2. The van der Waals surface area contributed by atoms with Gasteiger partial charge in [-0.15, -0.1) is 10.2 Å². The SMILES string of the molecule is Cc1nnc(Sc2cc(C(F)(F)F)nc(SCc3ccc(C(F)(F)F)cc3)n2)s1. The zero-order valence-electron chi connectivity index (χ0n) is 14.4. The third-order valence-electron chi connectivity index (χ3n) is 3.32. The molecule has 0 N–H and O–H groups in total. The van der Waals surface area contributed by atoms with E-state index >= 15 is 0 Å². The summed E-state index contributed by atoms with van der Waals surface area (Å²) < 4.78 is 77.8. The Hall–Kier alpha value is -1.86. The summed E-state index contributed by atoms with van der Waals surface area (Å²) in [6.45, 7) is 1.72. The maximum atomic E-state index is 13.2. The van der Waals surface area contributed by atoms with Crippen LogP contribution in [-0.2, 0) is 18.1 Å². The van der Waals surface area contributed by atoms with Crippen molar-refractivity contribution in [2.75, 3.05) is 0 Å². The molecule has 0 atom stereocenters. The van der Waals surface area contributed by atoms with Crippen molar-refractivity contribution >= 4 is 34.9 Å². The number of halogens is 6. The van der Waals surface area contributed by atoms with Crippen LogP contribution in [-0.4, -0.2) is 20.2 Å². The van der Waals surface area contributed by atoms with Crippen molar-refractivity contribution in [2.45, 2.75) is 39.6 Å². The van der Waals surface area contributed by atoms with E-state index in [1.807, 2.05) is 0 Å². The third kappa shape index (κ3) is 6.06. The second-order valence-corrected chi connectivity index (χ2v) is 8.94. The molecule has 0 radical (unpaired) electrons. The molecule has 3 aromatic rings. The van der Waals surface area contributed by atoms with Crippen LogP contribution in [0.25, 0.3) is 0 Å². The Labute approximate surface area is 173 Å². The molecule has 0 aliphatic carbocycles. The Balaban J connectivity index is 1.79. The van der Waals surface area contributed by atoms with Gasteiger partial charge in [0.15, 0.2) is 9.50 Å². The Kier molecular flexibility index (Phi) is 6.39. The maximum absolute atomic E-state index is 13.2. The van der Waals surface area contributed by atoms with Crippen LogP contribution in [0.3, 0.4) is 0 Å². The predicted molar refractivity (Wildman–Crippen MR) is 96.8 cm³/mol. The number of hydrogen-bond donors (Lipinski definition) is 0. The van der Waals surface area contributed by atoms with Crippen molar-refractivity contribution in [2.24, 2.45) is 0 Å². The van der Waals surface area contributed by atoms with Crippen LogP contribution < -0.4 is 0 Å². The fraction of sp³-hybridized carbons (Fsp3) is 0.250. The smallest absolute Gasteiger partial charge is 0.218 e. The molecule has 0 saturated carbocycles. The Morgan fingerprint density at radius 1 is 0.931 bits per heavy atom. The van der Waals surface area contributed by atoms with Crippen molar-refractivity contribution in [3.63, 3.8) is 0 Å². The van der Waals surface area contributed by atoms with Gasteiger partial charge in [-0.1, -0.05) is 35.2 Å². The van der Waals surface area contributed by atoms with Crippen LogP contribution in [0.2, 0.25) is 0 Å². The van der Waals surface area contributed by atoms with E-state index in [9.17, 15) is 26.3 Å². The number of thioether (sulfide) groups is 1. The molecule has 0 aliphatic heterocycles. The number of rotatable bonds is 5. The first kappa shape index (κ1) is 21.8. The molecule has 4 nitrogen and oxygen atoms in total. The lowest BCUT2D eigenvalue weighted by molar-refractivity contribution is -0.142. The number of alkyl halides is 6. The average Bonchev–Trinajstić information content (AvgIpc) is 3.03. The largest absolute Gasteiger partial charge is 0.433 e. The first-order valence-corrected chi connectivity index (χ1v) is 10.4. The lowest BCUT2D eigenvalue weighted by Gasteiger charge is -2.10. The number of aromatic nitrogens is 4. The van der Waals surface area contributed by atoms with Crippen molar-refractivity contribution in [1.82, 2.24) is 20.2 Å². The van der Waals surface area contributed by atoms with E-state index < -0.39 is 23.6 Å². The molecule has 0 spiro atoms. The van der Waals surface area contributed by atoms with Gasteiger partial charge in [0.1, 0.15) is 15.7 Å². The van der Waals surface area contributed by atoms with Gasteiger partial charge in [0.25, 0.3) is 0 Å². The van der Waals surface area contributed by atoms with Crippen molar-refractivity contribution in [3.8, 4) is 0 Å². The lowest BCUT2D eigenvalue weighted by atomic mass is 10.1. The van der Waals surface area contributed by atoms with Crippen LogP contribution in [0.5, 0.6) is 0 Å². The molecule has 13 heteroatoms. The van der Waals surface area contributed by atoms with E-state index in [2.05, 4.69) is 20.2 Å². The molecule has 2 aromatic heterocycles.